The quantitative estimate of drug-likeness (QED) is 0.388. The zero-order valence-corrected chi connectivity index (χ0v) is 21.2. The minimum absolute atomic E-state index is 0.110. The summed E-state index contributed by atoms with van der Waals surface area (Å²) in [5, 5.41) is 0. The number of esters is 3. The summed E-state index contributed by atoms with van der Waals surface area (Å²) in [6.45, 7) is 6.96. The summed E-state index contributed by atoms with van der Waals surface area (Å²) in [5.41, 5.74) is -2.21. The molecule has 0 radical (unpaired) electrons. The lowest BCUT2D eigenvalue weighted by Crippen LogP contribution is -2.37. The lowest BCUT2D eigenvalue weighted by molar-refractivity contribution is -0.171. The second-order valence-corrected chi connectivity index (χ2v) is 9.09. The van der Waals surface area contributed by atoms with E-state index in [0.29, 0.717) is 0 Å². The van der Waals surface area contributed by atoms with E-state index >= 15 is 0 Å². The van der Waals surface area contributed by atoms with Gasteiger partial charge in [0.05, 0.1) is 35.2 Å². The molecule has 0 aliphatic carbocycles. The van der Waals surface area contributed by atoms with Crippen LogP contribution in [0.4, 0.5) is 13.2 Å². The predicted octanol–water partition coefficient (Wildman–Crippen LogP) is 4.52. The predicted molar refractivity (Wildman–Crippen MR) is 122 cm³/mol. The average molecular weight is 514 g/mol. The minimum Gasteiger partial charge on any atom is -0.466 e. The number of ether oxygens (including phenoxy) is 4. The Hall–Kier alpha value is -3.34. The third-order valence-electron chi connectivity index (χ3n) is 5.62. The van der Waals surface area contributed by atoms with Gasteiger partial charge in [0.15, 0.2) is 0 Å². The fraction of sp³-hybridized carbons (Fsp3) is 0.480. The molecule has 1 aliphatic heterocycles. The fourth-order valence-corrected chi connectivity index (χ4v) is 3.82. The van der Waals surface area contributed by atoms with Crippen molar-refractivity contribution in [2.24, 2.45) is 5.41 Å². The topological polar surface area (TPSA) is 91.4 Å². The first-order valence-electron chi connectivity index (χ1n) is 10.9. The van der Waals surface area contributed by atoms with Gasteiger partial charge in [0, 0.05) is 18.5 Å². The van der Waals surface area contributed by atoms with E-state index in [1.807, 2.05) is 0 Å². The standard InChI is InChI=1S/C25H30F3NO7/c1-14-18(21(30)34-7)20(16-10-8-9-11-17(16)25(26,27)28)19(15(2)29(14)12-33-6)22(31)35-13-36-23(32)24(3,4)5/h8-11,20H,12-13H2,1-7H3. The van der Waals surface area contributed by atoms with Crippen molar-refractivity contribution in [1.29, 1.82) is 0 Å². The highest BCUT2D eigenvalue weighted by atomic mass is 19.4. The number of rotatable bonds is 7. The molecule has 8 nitrogen and oxygen atoms in total. The Morgan fingerprint density at radius 2 is 1.47 bits per heavy atom. The van der Waals surface area contributed by atoms with Crippen LogP contribution in [-0.4, -0.2) is 50.6 Å². The number of alkyl halides is 3. The molecule has 0 amide bonds. The van der Waals surface area contributed by atoms with Crippen molar-refractivity contribution in [2.45, 2.75) is 46.7 Å². The van der Waals surface area contributed by atoms with Crippen LogP contribution >= 0.6 is 0 Å². The number of carbonyl (C=O) groups excluding carboxylic acids is 3. The molecular weight excluding hydrogens is 483 g/mol. The van der Waals surface area contributed by atoms with Crippen molar-refractivity contribution in [2.75, 3.05) is 27.7 Å². The van der Waals surface area contributed by atoms with Crippen molar-refractivity contribution < 1.29 is 46.5 Å². The first-order valence-corrected chi connectivity index (χ1v) is 10.9. The highest BCUT2D eigenvalue weighted by Crippen LogP contribution is 2.46. The molecule has 1 aliphatic rings. The van der Waals surface area contributed by atoms with Crippen molar-refractivity contribution in [3.63, 3.8) is 0 Å². The summed E-state index contributed by atoms with van der Waals surface area (Å²) >= 11 is 0. The molecule has 0 bridgehead atoms. The molecule has 198 valence electrons. The number of allylic oxidation sites excluding steroid dienone is 2. The molecule has 1 aromatic rings. The van der Waals surface area contributed by atoms with E-state index in [9.17, 15) is 27.6 Å². The molecule has 1 aromatic carbocycles. The molecule has 0 aromatic heterocycles. The maximum absolute atomic E-state index is 14.0. The van der Waals surface area contributed by atoms with Gasteiger partial charge in [-0.1, -0.05) is 18.2 Å². The Morgan fingerprint density at radius 1 is 0.917 bits per heavy atom. The van der Waals surface area contributed by atoms with E-state index in [-0.39, 0.29) is 34.8 Å². The van der Waals surface area contributed by atoms with Gasteiger partial charge < -0.3 is 23.8 Å². The summed E-state index contributed by atoms with van der Waals surface area (Å²) in [6, 6.07) is 4.64. The van der Waals surface area contributed by atoms with Crippen LogP contribution in [0.5, 0.6) is 0 Å². The summed E-state index contributed by atoms with van der Waals surface area (Å²) in [6.07, 6.45) is -4.78. The molecule has 0 spiro atoms. The monoisotopic (exact) mass is 513 g/mol. The Labute approximate surface area is 207 Å². The van der Waals surface area contributed by atoms with Crippen molar-refractivity contribution in [1.82, 2.24) is 4.90 Å². The van der Waals surface area contributed by atoms with Crippen LogP contribution in [0, 0.1) is 5.41 Å². The fourth-order valence-electron chi connectivity index (χ4n) is 3.82. The van der Waals surface area contributed by atoms with Crippen LogP contribution in [0.15, 0.2) is 46.8 Å². The van der Waals surface area contributed by atoms with Gasteiger partial charge in [-0.05, 0) is 46.2 Å². The average Bonchev–Trinajstić information content (AvgIpc) is 2.79. The summed E-state index contributed by atoms with van der Waals surface area (Å²) in [4.78, 5) is 39.7. The molecule has 1 atom stereocenters. The van der Waals surface area contributed by atoms with E-state index in [4.69, 9.17) is 18.9 Å². The van der Waals surface area contributed by atoms with Gasteiger partial charge in [-0.15, -0.1) is 0 Å². The SMILES string of the molecule is COCN1C(C)=C(C(=O)OC)C(c2ccccc2C(F)(F)F)C(C(=O)OCOC(=O)C(C)(C)C)=C1C. The van der Waals surface area contributed by atoms with Gasteiger partial charge in [-0.2, -0.15) is 13.2 Å². The summed E-state index contributed by atoms with van der Waals surface area (Å²) < 4.78 is 62.2. The molecular formula is C25H30F3NO7. The van der Waals surface area contributed by atoms with Crippen LogP contribution in [0.3, 0.4) is 0 Å². The zero-order chi connectivity index (χ0) is 27.4. The third kappa shape index (κ3) is 6.07. The van der Waals surface area contributed by atoms with Crippen molar-refractivity contribution in [3.05, 3.63) is 57.9 Å². The maximum atomic E-state index is 14.0. The summed E-state index contributed by atoms with van der Waals surface area (Å²) in [7, 11) is 2.47. The molecule has 2 rings (SSSR count). The van der Waals surface area contributed by atoms with Crippen molar-refractivity contribution in [3.8, 4) is 0 Å². The van der Waals surface area contributed by atoms with Gasteiger partial charge in [-0.3, -0.25) is 4.79 Å². The van der Waals surface area contributed by atoms with E-state index in [2.05, 4.69) is 0 Å². The first-order chi connectivity index (χ1) is 16.7. The molecule has 1 unspecified atom stereocenters. The molecule has 0 fully saturated rings. The van der Waals surface area contributed by atoms with Crippen molar-refractivity contribution >= 4 is 17.9 Å². The van der Waals surface area contributed by atoms with Crippen LogP contribution in [-0.2, 0) is 39.5 Å². The van der Waals surface area contributed by atoms with Crippen LogP contribution < -0.4 is 0 Å². The Kier molecular flexibility index (Phi) is 8.95. The van der Waals surface area contributed by atoms with Gasteiger partial charge in [-0.25, -0.2) is 9.59 Å². The number of methoxy groups -OCH3 is 2. The number of nitrogens with zero attached hydrogens (tertiary/aromatic N) is 1. The van der Waals surface area contributed by atoms with E-state index in [0.717, 1.165) is 13.2 Å². The molecule has 1 heterocycles. The Balaban J connectivity index is 2.70. The van der Waals surface area contributed by atoms with Gasteiger partial charge in [0.25, 0.3) is 0 Å². The van der Waals surface area contributed by atoms with Crippen LogP contribution in [0.1, 0.15) is 51.7 Å². The summed E-state index contributed by atoms with van der Waals surface area (Å²) in [5.74, 6) is -4.11. The number of halogens is 3. The minimum atomic E-state index is -4.78. The van der Waals surface area contributed by atoms with Crippen LogP contribution in [0.2, 0.25) is 0 Å². The number of carbonyl (C=O) groups is 3. The molecule has 11 heteroatoms. The maximum Gasteiger partial charge on any atom is 0.416 e. The molecule has 0 saturated heterocycles. The zero-order valence-electron chi connectivity index (χ0n) is 21.2. The first kappa shape index (κ1) is 28.9. The normalized spacial score (nSPS) is 16.7. The second-order valence-electron chi connectivity index (χ2n) is 9.09. The van der Waals surface area contributed by atoms with E-state index in [1.165, 1.54) is 44.1 Å². The number of hydrogen-bond donors (Lipinski definition) is 0. The third-order valence-corrected chi connectivity index (χ3v) is 5.62. The second kappa shape index (κ2) is 11.2. The van der Waals surface area contributed by atoms with Gasteiger partial charge in [0.1, 0.15) is 6.73 Å². The highest BCUT2D eigenvalue weighted by Gasteiger charge is 2.44. The van der Waals surface area contributed by atoms with E-state index in [1.54, 1.807) is 20.8 Å². The smallest absolute Gasteiger partial charge is 0.416 e. The molecule has 36 heavy (non-hydrogen) atoms. The highest BCUT2D eigenvalue weighted by molar-refractivity contribution is 6.00. The molecule has 0 N–H and O–H groups in total. The number of benzene rings is 1. The largest absolute Gasteiger partial charge is 0.466 e. The Morgan fingerprint density at radius 3 is 1.97 bits per heavy atom. The van der Waals surface area contributed by atoms with Crippen LogP contribution in [0.25, 0.3) is 0 Å². The lowest BCUT2D eigenvalue weighted by atomic mass is 9.78. The van der Waals surface area contributed by atoms with E-state index < -0.39 is 47.8 Å². The lowest BCUT2D eigenvalue weighted by Gasteiger charge is -2.37. The molecule has 0 saturated carbocycles. The number of hydrogen-bond acceptors (Lipinski definition) is 8. The van der Waals surface area contributed by atoms with Gasteiger partial charge in [0.2, 0.25) is 6.79 Å². The van der Waals surface area contributed by atoms with Gasteiger partial charge >= 0.3 is 24.1 Å². The Bertz CT molecular complexity index is 1080.